The number of nitrogens with one attached hydrogen (secondary N) is 1. The van der Waals surface area contributed by atoms with E-state index < -0.39 is 0 Å². The van der Waals surface area contributed by atoms with Crippen molar-refractivity contribution in [2.24, 2.45) is 0 Å². The number of carbonyl (C=O) groups excluding carboxylic acids is 1. The van der Waals surface area contributed by atoms with Crippen molar-refractivity contribution in [1.29, 1.82) is 0 Å². The van der Waals surface area contributed by atoms with Gasteiger partial charge in [-0.1, -0.05) is 18.2 Å². The Bertz CT molecular complexity index is 746. The van der Waals surface area contributed by atoms with E-state index in [4.69, 9.17) is 4.42 Å². The van der Waals surface area contributed by atoms with E-state index in [1.165, 1.54) is 6.39 Å². The van der Waals surface area contributed by atoms with Crippen molar-refractivity contribution in [3.8, 4) is 0 Å². The number of nitrogens with zero attached hydrogens (tertiary/aromatic N) is 1. The van der Waals surface area contributed by atoms with Crippen molar-refractivity contribution in [1.82, 2.24) is 4.98 Å². The maximum atomic E-state index is 12.2. The summed E-state index contributed by atoms with van der Waals surface area (Å²) in [6.45, 7) is 1.91. The molecule has 0 spiro atoms. The van der Waals surface area contributed by atoms with Gasteiger partial charge in [0.2, 0.25) is 0 Å². The highest BCUT2D eigenvalue weighted by Gasteiger charge is 2.09. The fraction of sp³-hybridized carbons (Fsp3) is 0.0667. The van der Waals surface area contributed by atoms with Gasteiger partial charge in [-0.05, 0) is 30.7 Å². The zero-order valence-electron chi connectivity index (χ0n) is 10.4. The number of amides is 1. The molecule has 1 heterocycles. The molecule has 4 nitrogen and oxygen atoms in total. The topological polar surface area (TPSA) is 55.1 Å². The van der Waals surface area contributed by atoms with Gasteiger partial charge in [-0.25, -0.2) is 4.98 Å². The number of oxazole rings is 1. The summed E-state index contributed by atoms with van der Waals surface area (Å²) in [5.41, 5.74) is 3.73. The highest BCUT2D eigenvalue weighted by atomic mass is 16.3. The van der Waals surface area contributed by atoms with Crippen molar-refractivity contribution >= 4 is 22.7 Å². The third-order valence-electron chi connectivity index (χ3n) is 2.98. The van der Waals surface area contributed by atoms with E-state index in [9.17, 15) is 4.79 Å². The number of hydrogen-bond acceptors (Lipinski definition) is 3. The number of rotatable bonds is 2. The van der Waals surface area contributed by atoms with Gasteiger partial charge in [0.1, 0.15) is 5.52 Å². The first-order chi connectivity index (χ1) is 9.24. The van der Waals surface area contributed by atoms with Gasteiger partial charge in [0.25, 0.3) is 5.91 Å². The molecule has 0 fully saturated rings. The minimum Gasteiger partial charge on any atom is -0.443 e. The van der Waals surface area contributed by atoms with Crippen molar-refractivity contribution in [2.75, 3.05) is 5.32 Å². The summed E-state index contributed by atoms with van der Waals surface area (Å²) >= 11 is 0. The summed E-state index contributed by atoms with van der Waals surface area (Å²) in [6, 6.07) is 12.9. The third-order valence-corrected chi connectivity index (χ3v) is 2.98. The molecule has 1 aromatic heterocycles. The molecular weight excluding hydrogens is 240 g/mol. The lowest BCUT2D eigenvalue weighted by Crippen LogP contribution is -2.13. The summed E-state index contributed by atoms with van der Waals surface area (Å²) in [5.74, 6) is -0.128. The van der Waals surface area contributed by atoms with Crippen LogP contribution >= 0.6 is 0 Å². The molecule has 0 saturated heterocycles. The summed E-state index contributed by atoms with van der Waals surface area (Å²) in [5, 5.41) is 2.85. The van der Waals surface area contributed by atoms with Gasteiger partial charge < -0.3 is 9.73 Å². The van der Waals surface area contributed by atoms with Crippen molar-refractivity contribution in [3.63, 3.8) is 0 Å². The first kappa shape index (κ1) is 11.5. The van der Waals surface area contributed by atoms with E-state index in [1.807, 2.05) is 31.2 Å². The zero-order valence-corrected chi connectivity index (χ0v) is 10.4. The van der Waals surface area contributed by atoms with Crippen LogP contribution in [0.15, 0.2) is 53.3 Å². The predicted molar refractivity (Wildman–Crippen MR) is 73.1 cm³/mol. The molecule has 0 aliphatic heterocycles. The van der Waals surface area contributed by atoms with Gasteiger partial charge in [0.15, 0.2) is 12.0 Å². The lowest BCUT2D eigenvalue weighted by Gasteiger charge is -2.07. The Labute approximate surface area is 110 Å². The van der Waals surface area contributed by atoms with E-state index in [1.54, 1.807) is 18.2 Å². The molecular formula is C15H12N2O2. The third kappa shape index (κ3) is 2.20. The second kappa shape index (κ2) is 4.57. The number of carbonyl (C=O) groups is 1. The molecule has 1 amide bonds. The highest BCUT2D eigenvalue weighted by molar-refractivity contribution is 6.05. The van der Waals surface area contributed by atoms with Crippen LogP contribution in [-0.4, -0.2) is 10.9 Å². The number of anilines is 1. The average Bonchev–Trinajstić information content (AvgIpc) is 2.86. The normalized spacial score (nSPS) is 10.6. The van der Waals surface area contributed by atoms with Crippen LogP contribution in [0.5, 0.6) is 0 Å². The smallest absolute Gasteiger partial charge is 0.255 e. The number of aryl methyl sites for hydroxylation is 1. The minimum atomic E-state index is -0.128. The minimum absolute atomic E-state index is 0.128. The molecule has 2 aromatic carbocycles. The van der Waals surface area contributed by atoms with Crippen LogP contribution in [0.3, 0.4) is 0 Å². The van der Waals surface area contributed by atoms with Crippen molar-refractivity contribution in [3.05, 3.63) is 60.0 Å². The van der Waals surface area contributed by atoms with Crippen LogP contribution in [-0.2, 0) is 0 Å². The Hall–Kier alpha value is -2.62. The number of fused-ring (bicyclic) bond motifs is 1. The molecule has 0 unspecified atom stereocenters. The van der Waals surface area contributed by atoms with Crippen molar-refractivity contribution < 1.29 is 9.21 Å². The Morgan fingerprint density at radius 1 is 1.21 bits per heavy atom. The lowest BCUT2D eigenvalue weighted by molar-refractivity contribution is 0.102. The Kier molecular flexibility index (Phi) is 2.76. The number of hydrogen-bond donors (Lipinski definition) is 1. The summed E-state index contributed by atoms with van der Waals surface area (Å²) in [4.78, 5) is 16.2. The molecule has 3 rings (SSSR count). The van der Waals surface area contributed by atoms with Gasteiger partial charge in [-0.2, -0.15) is 0 Å². The summed E-state index contributed by atoms with van der Waals surface area (Å²) in [7, 11) is 0. The molecule has 0 bridgehead atoms. The van der Waals surface area contributed by atoms with E-state index >= 15 is 0 Å². The second-order valence-corrected chi connectivity index (χ2v) is 4.30. The van der Waals surface area contributed by atoms with Gasteiger partial charge in [-0.15, -0.1) is 0 Å². The maximum absolute atomic E-state index is 12.2. The van der Waals surface area contributed by atoms with Crippen LogP contribution in [0.2, 0.25) is 0 Å². The van der Waals surface area contributed by atoms with E-state index in [0.717, 1.165) is 11.1 Å². The average molecular weight is 252 g/mol. The number of aromatic nitrogens is 1. The van der Waals surface area contributed by atoms with Crippen LogP contribution in [0.1, 0.15) is 15.9 Å². The lowest BCUT2D eigenvalue weighted by atomic mass is 10.1. The molecule has 19 heavy (non-hydrogen) atoms. The van der Waals surface area contributed by atoms with Crippen LogP contribution < -0.4 is 5.32 Å². The molecule has 0 aliphatic carbocycles. The molecule has 94 valence electrons. The fourth-order valence-corrected chi connectivity index (χ4v) is 1.96. The van der Waals surface area contributed by atoms with Crippen molar-refractivity contribution in [2.45, 2.75) is 6.92 Å². The molecule has 0 radical (unpaired) electrons. The maximum Gasteiger partial charge on any atom is 0.255 e. The zero-order chi connectivity index (χ0) is 13.2. The summed E-state index contributed by atoms with van der Waals surface area (Å²) in [6.07, 6.45) is 1.39. The predicted octanol–water partition coefficient (Wildman–Crippen LogP) is 3.39. The number of benzene rings is 2. The van der Waals surface area contributed by atoms with Gasteiger partial charge in [0, 0.05) is 17.3 Å². The molecule has 0 saturated carbocycles. The quantitative estimate of drug-likeness (QED) is 0.760. The van der Waals surface area contributed by atoms with E-state index in [2.05, 4.69) is 10.3 Å². The van der Waals surface area contributed by atoms with Gasteiger partial charge in [0.05, 0.1) is 0 Å². The SMILES string of the molecule is Cc1ccccc1C(=O)Nc1ccc2ncoc2c1. The van der Waals surface area contributed by atoms with Crippen LogP contribution in [0.25, 0.3) is 11.1 Å². The van der Waals surface area contributed by atoms with Gasteiger partial charge >= 0.3 is 0 Å². The molecule has 1 N–H and O–H groups in total. The largest absolute Gasteiger partial charge is 0.443 e. The Morgan fingerprint density at radius 3 is 2.89 bits per heavy atom. The first-order valence-electron chi connectivity index (χ1n) is 5.94. The molecule has 0 atom stereocenters. The van der Waals surface area contributed by atoms with Crippen LogP contribution in [0, 0.1) is 6.92 Å². The fourth-order valence-electron chi connectivity index (χ4n) is 1.96. The standard InChI is InChI=1S/C15H12N2O2/c1-10-4-2-3-5-12(10)15(18)17-11-6-7-13-14(8-11)19-9-16-13/h2-9H,1H3,(H,17,18). The van der Waals surface area contributed by atoms with E-state index in [0.29, 0.717) is 16.8 Å². The summed E-state index contributed by atoms with van der Waals surface area (Å²) < 4.78 is 5.21. The van der Waals surface area contributed by atoms with Crippen LogP contribution in [0.4, 0.5) is 5.69 Å². The Morgan fingerprint density at radius 2 is 2.05 bits per heavy atom. The second-order valence-electron chi connectivity index (χ2n) is 4.30. The molecule has 0 aliphatic rings. The highest BCUT2D eigenvalue weighted by Crippen LogP contribution is 2.19. The molecule has 3 aromatic rings. The monoisotopic (exact) mass is 252 g/mol. The van der Waals surface area contributed by atoms with Gasteiger partial charge in [-0.3, -0.25) is 4.79 Å². The first-order valence-corrected chi connectivity index (χ1v) is 5.94. The van der Waals surface area contributed by atoms with E-state index in [-0.39, 0.29) is 5.91 Å². The Balaban J connectivity index is 1.88. The molecule has 4 heteroatoms.